The summed E-state index contributed by atoms with van der Waals surface area (Å²) in [6.07, 6.45) is 1.04. The third-order valence-electron chi connectivity index (χ3n) is 5.49. The Morgan fingerprint density at radius 1 is 1.23 bits per heavy atom. The highest BCUT2D eigenvalue weighted by Crippen LogP contribution is 2.26. The number of carbonyl (C=O) groups is 1. The van der Waals surface area contributed by atoms with Gasteiger partial charge in [0.25, 0.3) is 0 Å². The topological polar surface area (TPSA) is 79.0 Å². The normalized spacial score (nSPS) is 17.1. The van der Waals surface area contributed by atoms with E-state index in [4.69, 9.17) is 4.74 Å². The molecule has 0 radical (unpaired) electrons. The highest BCUT2D eigenvalue weighted by Gasteiger charge is 2.32. The minimum atomic E-state index is -3.56. The fourth-order valence-corrected chi connectivity index (χ4v) is 6.01. The molecular weight excluding hydrogens is 422 g/mol. The number of likely N-dealkylation sites (N-methyl/N-ethyl adjacent to an activating group) is 1. The molecule has 0 unspecified atom stereocenters. The van der Waals surface area contributed by atoms with Crippen LogP contribution in [0, 0.1) is 5.92 Å². The zero-order valence-corrected chi connectivity index (χ0v) is 19.2. The van der Waals surface area contributed by atoms with Crippen LogP contribution in [0.2, 0.25) is 0 Å². The number of sulfonamides is 1. The summed E-state index contributed by atoms with van der Waals surface area (Å²) in [4.78, 5) is 16.2. The summed E-state index contributed by atoms with van der Waals surface area (Å²) >= 11 is 1.68. The first-order valence-corrected chi connectivity index (χ1v) is 12.3. The van der Waals surface area contributed by atoms with Crippen molar-refractivity contribution < 1.29 is 17.9 Å². The quantitative estimate of drug-likeness (QED) is 0.667. The first-order valence-electron chi connectivity index (χ1n) is 9.94. The molecule has 0 spiro atoms. The van der Waals surface area contributed by atoms with Gasteiger partial charge in [0.05, 0.1) is 18.0 Å². The minimum Gasteiger partial charge on any atom is -0.497 e. The fraction of sp³-hybridized carbons (Fsp3) is 0.476. The van der Waals surface area contributed by atoms with Crippen LogP contribution in [0.25, 0.3) is 0 Å². The Hall–Kier alpha value is -1.94. The van der Waals surface area contributed by atoms with E-state index in [2.05, 4.69) is 16.3 Å². The zero-order chi connectivity index (χ0) is 21.7. The van der Waals surface area contributed by atoms with Gasteiger partial charge in [-0.3, -0.25) is 4.79 Å². The Morgan fingerprint density at radius 3 is 2.43 bits per heavy atom. The van der Waals surface area contributed by atoms with E-state index in [-0.39, 0.29) is 22.8 Å². The molecule has 1 aliphatic rings. The number of amides is 1. The Morgan fingerprint density at radius 2 is 1.90 bits per heavy atom. The molecule has 1 aromatic heterocycles. The van der Waals surface area contributed by atoms with Gasteiger partial charge in [-0.25, -0.2) is 8.42 Å². The van der Waals surface area contributed by atoms with Gasteiger partial charge in [-0.05, 0) is 62.6 Å². The number of piperidine rings is 1. The Balaban J connectivity index is 1.54. The average molecular weight is 452 g/mol. The molecule has 1 amide bonds. The highest BCUT2D eigenvalue weighted by molar-refractivity contribution is 7.89. The van der Waals surface area contributed by atoms with Gasteiger partial charge < -0.3 is 15.0 Å². The number of nitrogens with zero attached hydrogens (tertiary/aromatic N) is 2. The van der Waals surface area contributed by atoms with E-state index in [9.17, 15) is 13.2 Å². The van der Waals surface area contributed by atoms with Crippen LogP contribution >= 0.6 is 11.3 Å². The maximum absolute atomic E-state index is 12.9. The number of benzene rings is 1. The molecule has 2 heterocycles. The molecule has 1 saturated heterocycles. The molecule has 9 heteroatoms. The number of hydrogen-bond donors (Lipinski definition) is 1. The third-order valence-corrected chi connectivity index (χ3v) is 8.37. The molecule has 3 rings (SSSR count). The lowest BCUT2D eigenvalue weighted by atomic mass is 9.97. The summed E-state index contributed by atoms with van der Waals surface area (Å²) in [6.45, 7) is 1.22. The molecule has 164 valence electrons. The summed E-state index contributed by atoms with van der Waals surface area (Å²) in [5.41, 5.74) is 0. The molecule has 0 saturated carbocycles. The molecule has 30 heavy (non-hydrogen) atoms. The van der Waals surface area contributed by atoms with Gasteiger partial charge >= 0.3 is 0 Å². The van der Waals surface area contributed by atoms with Crippen LogP contribution in [-0.4, -0.2) is 64.4 Å². The van der Waals surface area contributed by atoms with Gasteiger partial charge in [0.1, 0.15) is 5.75 Å². The number of thiophene rings is 1. The first-order chi connectivity index (χ1) is 14.3. The lowest BCUT2D eigenvalue weighted by Crippen LogP contribution is -2.44. The Bertz CT molecular complexity index is 920. The van der Waals surface area contributed by atoms with Crippen molar-refractivity contribution in [2.45, 2.75) is 23.8 Å². The number of carbonyl (C=O) groups excluding carboxylic acids is 1. The van der Waals surface area contributed by atoms with Crippen molar-refractivity contribution in [1.82, 2.24) is 14.5 Å². The maximum atomic E-state index is 12.9. The summed E-state index contributed by atoms with van der Waals surface area (Å²) in [5.74, 6) is 0.446. The predicted octanol–water partition coefficient (Wildman–Crippen LogP) is 2.58. The second kappa shape index (κ2) is 9.91. The van der Waals surface area contributed by atoms with Crippen molar-refractivity contribution in [3.8, 4) is 5.75 Å². The number of nitrogens with one attached hydrogen (secondary N) is 1. The maximum Gasteiger partial charge on any atom is 0.243 e. The zero-order valence-electron chi connectivity index (χ0n) is 17.6. The van der Waals surface area contributed by atoms with Crippen molar-refractivity contribution in [2.24, 2.45) is 5.92 Å². The minimum absolute atomic E-state index is 0.0000912. The fourth-order valence-electron chi connectivity index (χ4n) is 3.62. The summed E-state index contributed by atoms with van der Waals surface area (Å²) in [6, 6.07) is 10.6. The molecule has 7 nitrogen and oxygen atoms in total. The second-order valence-corrected chi connectivity index (χ2v) is 10.5. The molecular formula is C21H29N3O4S2. The van der Waals surface area contributed by atoms with Crippen LogP contribution < -0.4 is 10.1 Å². The third kappa shape index (κ3) is 5.21. The van der Waals surface area contributed by atoms with E-state index in [0.717, 1.165) is 0 Å². The molecule has 1 aromatic carbocycles. The number of hydrogen-bond acceptors (Lipinski definition) is 6. The predicted molar refractivity (Wildman–Crippen MR) is 118 cm³/mol. The van der Waals surface area contributed by atoms with Crippen LogP contribution in [0.15, 0.2) is 46.7 Å². The molecule has 0 aliphatic carbocycles. The van der Waals surface area contributed by atoms with E-state index in [0.29, 0.717) is 38.2 Å². The van der Waals surface area contributed by atoms with Crippen molar-refractivity contribution in [2.75, 3.05) is 40.8 Å². The summed E-state index contributed by atoms with van der Waals surface area (Å²) in [5, 5.41) is 5.10. The molecule has 1 N–H and O–H groups in total. The van der Waals surface area contributed by atoms with Gasteiger partial charge in [0, 0.05) is 30.4 Å². The van der Waals surface area contributed by atoms with Crippen molar-refractivity contribution >= 4 is 27.3 Å². The van der Waals surface area contributed by atoms with Crippen LogP contribution in [0.1, 0.15) is 23.8 Å². The van der Waals surface area contributed by atoms with Crippen LogP contribution in [-0.2, 0) is 14.8 Å². The van der Waals surface area contributed by atoms with Crippen molar-refractivity contribution in [3.05, 3.63) is 46.7 Å². The smallest absolute Gasteiger partial charge is 0.243 e. The van der Waals surface area contributed by atoms with Crippen LogP contribution in [0.3, 0.4) is 0 Å². The first kappa shape index (κ1) is 22.7. The SMILES string of the molecule is COc1ccc(S(=O)(=O)N2CCC(C(=O)NC[C@@H](c3cccs3)N(C)C)CC2)cc1. The van der Waals surface area contributed by atoms with E-state index >= 15 is 0 Å². The van der Waals surface area contributed by atoms with E-state index in [1.54, 1.807) is 42.7 Å². The van der Waals surface area contributed by atoms with E-state index in [1.807, 2.05) is 25.5 Å². The molecule has 1 fully saturated rings. The largest absolute Gasteiger partial charge is 0.497 e. The van der Waals surface area contributed by atoms with Crippen LogP contribution in [0.5, 0.6) is 5.75 Å². The number of ether oxygens (including phenoxy) is 1. The Labute approximate surface area is 182 Å². The van der Waals surface area contributed by atoms with Gasteiger partial charge in [-0.15, -0.1) is 11.3 Å². The van der Waals surface area contributed by atoms with E-state index < -0.39 is 10.0 Å². The van der Waals surface area contributed by atoms with E-state index in [1.165, 1.54) is 9.18 Å². The van der Waals surface area contributed by atoms with Gasteiger partial charge in [-0.2, -0.15) is 4.31 Å². The van der Waals surface area contributed by atoms with Crippen molar-refractivity contribution in [1.29, 1.82) is 0 Å². The standard InChI is InChI=1S/C21H29N3O4S2/c1-23(2)19(20-5-4-14-29-20)15-22-21(25)16-10-12-24(13-11-16)30(26,27)18-8-6-17(28-3)7-9-18/h4-9,14,16,19H,10-13,15H2,1-3H3,(H,22,25)/t19-/m0/s1. The monoisotopic (exact) mass is 451 g/mol. The summed E-state index contributed by atoms with van der Waals surface area (Å²) < 4.78 is 32.3. The lowest BCUT2D eigenvalue weighted by Gasteiger charge is -2.31. The Kier molecular flexibility index (Phi) is 7.51. The number of rotatable bonds is 8. The molecule has 1 atom stereocenters. The molecule has 2 aromatic rings. The summed E-state index contributed by atoms with van der Waals surface area (Å²) in [7, 11) is 1.98. The van der Waals surface area contributed by atoms with Gasteiger partial charge in [0.2, 0.25) is 15.9 Å². The average Bonchev–Trinajstić information content (AvgIpc) is 3.28. The van der Waals surface area contributed by atoms with Crippen LogP contribution in [0.4, 0.5) is 0 Å². The van der Waals surface area contributed by atoms with Gasteiger partial charge in [-0.1, -0.05) is 6.07 Å². The molecule has 0 bridgehead atoms. The molecule has 1 aliphatic heterocycles. The number of methoxy groups -OCH3 is 1. The highest BCUT2D eigenvalue weighted by atomic mass is 32.2. The van der Waals surface area contributed by atoms with Crippen molar-refractivity contribution in [3.63, 3.8) is 0 Å². The second-order valence-electron chi connectivity index (χ2n) is 7.59. The van der Waals surface area contributed by atoms with Gasteiger partial charge in [0.15, 0.2) is 0 Å². The lowest BCUT2D eigenvalue weighted by molar-refractivity contribution is -0.126.